The number of ether oxygens (including phenoxy) is 1. The van der Waals surface area contributed by atoms with Gasteiger partial charge >= 0.3 is 0 Å². The minimum atomic E-state index is -0.493. The van der Waals surface area contributed by atoms with Crippen LogP contribution in [0.25, 0.3) is 6.08 Å². The number of carbonyl (C=O) groups is 1. The van der Waals surface area contributed by atoms with E-state index in [1.54, 1.807) is 55.6 Å². The smallest absolute Gasteiger partial charge is 0.266 e. The monoisotopic (exact) mass is 312 g/mol. The van der Waals surface area contributed by atoms with Crippen molar-refractivity contribution in [3.8, 4) is 11.8 Å². The van der Waals surface area contributed by atoms with Crippen LogP contribution in [0.5, 0.6) is 5.75 Å². The van der Waals surface area contributed by atoms with Crippen molar-refractivity contribution < 1.29 is 9.53 Å². The summed E-state index contributed by atoms with van der Waals surface area (Å²) in [5.41, 5.74) is 1.17. The van der Waals surface area contributed by atoms with E-state index in [2.05, 4.69) is 5.32 Å². The first-order valence-corrected chi connectivity index (χ1v) is 6.83. The molecule has 2 aromatic rings. The minimum Gasteiger partial charge on any atom is -0.497 e. The number of hydrogen-bond acceptors (Lipinski definition) is 3. The second-order valence-electron chi connectivity index (χ2n) is 4.37. The molecule has 5 heteroatoms. The van der Waals surface area contributed by atoms with Crippen LogP contribution in [0.2, 0.25) is 5.02 Å². The third-order valence-electron chi connectivity index (χ3n) is 2.92. The predicted molar refractivity (Wildman–Crippen MR) is 86.7 cm³/mol. The number of hydrogen-bond donors (Lipinski definition) is 1. The first kappa shape index (κ1) is 15.6. The summed E-state index contributed by atoms with van der Waals surface area (Å²) in [6.07, 6.45) is 1.46. The lowest BCUT2D eigenvalue weighted by molar-refractivity contribution is -0.112. The quantitative estimate of drug-likeness (QED) is 0.688. The van der Waals surface area contributed by atoms with Gasteiger partial charge in [-0.2, -0.15) is 5.26 Å². The molecular formula is C17H13ClN2O2. The fourth-order valence-corrected chi connectivity index (χ4v) is 1.96. The maximum absolute atomic E-state index is 12.1. The Morgan fingerprint density at radius 2 is 1.91 bits per heavy atom. The Kier molecular flexibility index (Phi) is 5.18. The van der Waals surface area contributed by atoms with Crippen LogP contribution >= 0.6 is 11.6 Å². The van der Waals surface area contributed by atoms with Gasteiger partial charge in [0.1, 0.15) is 17.4 Å². The van der Waals surface area contributed by atoms with Crippen molar-refractivity contribution in [1.82, 2.24) is 0 Å². The lowest BCUT2D eigenvalue weighted by Gasteiger charge is -2.06. The number of benzene rings is 2. The molecule has 2 rings (SSSR count). The summed E-state index contributed by atoms with van der Waals surface area (Å²) in [5, 5.41) is 12.3. The summed E-state index contributed by atoms with van der Waals surface area (Å²) in [6, 6.07) is 15.7. The molecule has 0 saturated carbocycles. The number of amides is 1. The number of nitrogens with one attached hydrogen (secondary N) is 1. The normalized spacial score (nSPS) is 10.7. The van der Waals surface area contributed by atoms with Crippen molar-refractivity contribution >= 4 is 29.3 Å². The van der Waals surface area contributed by atoms with E-state index in [4.69, 9.17) is 21.6 Å². The molecule has 1 amide bonds. The van der Waals surface area contributed by atoms with E-state index in [0.717, 1.165) is 0 Å². The molecule has 22 heavy (non-hydrogen) atoms. The average molecular weight is 313 g/mol. The Balaban J connectivity index is 2.19. The molecule has 0 aliphatic rings. The highest BCUT2D eigenvalue weighted by Crippen LogP contribution is 2.19. The molecule has 0 unspecified atom stereocenters. The topological polar surface area (TPSA) is 62.1 Å². The van der Waals surface area contributed by atoms with Crippen molar-refractivity contribution in [2.75, 3.05) is 12.4 Å². The van der Waals surface area contributed by atoms with Crippen LogP contribution in [-0.2, 0) is 4.79 Å². The Hall–Kier alpha value is -2.77. The largest absolute Gasteiger partial charge is 0.497 e. The molecule has 0 aliphatic heterocycles. The van der Waals surface area contributed by atoms with Crippen LogP contribution in [0.1, 0.15) is 5.56 Å². The lowest BCUT2D eigenvalue weighted by atomic mass is 10.1. The molecule has 1 N–H and O–H groups in total. The molecule has 0 atom stereocenters. The molecular weight excluding hydrogens is 300 g/mol. The molecule has 0 radical (unpaired) electrons. The van der Waals surface area contributed by atoms with Gasteiger partial charge in [-0.15, -0.1) is 0 Å². The van der Waals surface area contributed by atoms with Gasteiger partial charge < -0.3 is 10.1 Å². The molecule has 0 bridgehead atoms. The number of rotatable bonds is 4. The third-order valence-corrected chi connectivity index (χ3v) is 3.26. The fraction of sp³-hybridized carbons (Fsp3) is 0.0588. The summed E-state index contributed by atoms with van der Waals surface area (Å²) in [6.45, 7) is 0. The fourth-order valence-electron chi connectivity index (χ4n) is 1.77. The van der Waals surface area contributed by atoms with Gasteiger partial charge in [0, 0.05) is 10.7 Å². The number of methoxy groups -OCH3 is 1. The van der Waals surface area contributed by atoms with Crippen LogP contribution in [-0.4, -0.2) is 13.0 Å². The second kappa shape index (κ2) is 7.30. The van der Waals surface area contributed by atoms with Crippen LogP contribution in [0.4, 0.5) is 5.69 Å². The second-order valence-corrected chi connectivity index (χ2v) is 4.78. The van der Waals surface area contributed by atoms with Crippen molar-refractivity contribution in [2.45, 2.75) is 0 Å². The standard InChI is InChI=1S/C17H13ClN2O2/c1-22-15-8-6-14(7-9-15)20-17(21)13(11-19)10-12-4-2-3-5-16(12)18/h2-10H,1H3,(H,20,21)/b13-10-. The molecule has 0 saturated heterocycles. The highest BCUT2D eigenvalue weighted by Gasteiger charge is 2.10. The maximum Gasteiger partial charge on any atom is 0.266 e. The average Bonchev–Trinajstić information content (AvgIpc) is 2.54. The third kappa shape index (κ3) is 3.87. The Bertz CT molecular complexity index is 746. The minimum absolute atomic E-state index is 0.0241. The lowest BCUT2D eigenvalue weighted by Crippen LogP contribution is -2.13. The van der Waals surface area contributed by atoms with Gasteiger partial charge in [0.15, 0.2) is 0 Å². The van der Waals surface area contributed by atoms with Gasteiger partial charge in [0.25, 0.3) is 5.91 Å². The maximum atomic E-state index is 12.1. The summed E-state index contributed by atoms with van der Waals surface area (Å²) in [5.74, 6) is 0.192. The van der Waals surface area contributed by atoms with Crippen LogP contribution in [0.15, 0.2) is 54.1 Å². The van der Waals surface area contributed by atoms with Crippen LogP contribution in [0.3, 0.4) is 0 Å². The van der Waals surface area contributed by atoms with E-state index in [9.17, 15) is 4.79 Å². The molecule has 110 valence electrons. The van der Waals surface area contributed by atoms with Gasteiger partial charge in [0.2, 0.25) is 0 Å². The Labute approximate surface area is 133 Å². The summed E-state index contributed by atoms with van der Waals surface area (Å²) in [4.78, 5) is 12.1. The first-order chi connectivity index (χ1) is 10.6. The molecule has 0 fully saturated rings. The van der Waals surface area contributed by atoms with Gasteiger partial charge in [-0.3, -0.25) is 4.79 Å². The van der Waals surface area contributed by atoms with Gasteiger partial charge in [0.05, 0.1) is 7.11 Å². The van der Waals surface area contributed by atoms with Gasteiger partial charge in [-0.05, 0) is 42.0 Å². The van der Waals surface area contributed by atoms with Crippen LogP contribution < -0.4 is 10.1 Å². The number of nitriles is 1. The van der Waals surface area contributed by atoms with Gasteiger partial charge in [-0.1, -0.05) is 29.8 Å². The zero-order valence-electron chi connectivity index (χ0n) is 11.8. The number of carbonyl (C=O) groups excluding carboxylic acids is 1. The van der Waals surface area contributed by atoms with Gasteiger partial charge in [-0.25, -0.2) is 0 Å². The SMILES string of the molecule is COc1ccc(NC(=O)/C(C#N)=C\c2ccccc2Cl)cc1. The van der Waals surface area contributed by atoms with E-state index in [1.807, 2.05) is 6.07 Å². The zero-order chi connectivity index (χ0) is 15.9. The summed E-state index contributed by atoms with van der Waals surface area (Å²) in [7, 11) is 1.56. The van der Waals surface area contributed by atoms with E-state index in [1.165, 1.54) is 6.08 Å². The Morgan fingerprint density at radius 1 is 1.23 bits per heavy atom. The van der Waals surface area contributed by atoms with Crippen molar-refractivity contribution in [3.63, 3.8) is 0 Å². The van der Waals surface area contributed by atoms with Crippen molar-refractivity contribution in [3.05, 3.63) is 64.7 Å². The molecule has 0 spiro atoms. The molecule has 0 aliphatic carbocycles. The number of nitrogens with zero attached hydrogens (tertiary/aromatic N) is 1. The highest BCUT2D eigenvalue weighted by atomic mass is 35.5. The molecule has 0 heterocycles. The predicted octanol–water partition coefficient (Wildman–Crippen LogP) is 3.89. The number of anilines is 1. The van der Waals surface area contributed by atoms with Crippen molar-refractivity contribution in [2.24, 2.45) is 0 Å². The summed E-state index contributed by atoms with van der Waals surface area (Å²) < 4.78 is 5.04. The van der Waals surface area contributed by atoms with E-state index >= 15 is 0 Å². The van der Waals surface area contributed by atoms with E-state index in [0.29, 0.717) is 22.0 Å². The zero-order valence-corrected chi connectivity index (χ0v) is 12.6. The molecule has 0 aromatic heterocycles. The molecule has 2 aromatic carbocycles. The Morgan fingerprint density at radius 3 is 2.50 bits per heavy atom. The van der Waals surface area contributed by atoms with Crippen molar-refractivity contribution in [1.29, 1.82) is 5.26 Å². The molecule has 4 nitrogen and oxygen atoms in total. The number of halogens is 1. The van der Waals surface area contributed by atoms with Crippen LogP contribution in [0, 0.1) is 11.3 Å². The first-order valence-electron chi connectivity index (χ1n) is 6.46. The highest BCUT2D eigenvalue weighted by molar-refractivity contribution is 6.32. The van der Waals surface area contributed by atoms with E-state index in [-0.39, 0.29) is 5.57 Å². The summed E-state index contributed by atoms with van der Waals surface area (Å²) >= 11 is 6.02. The van der Waals surface area contributed by atoms with E-state index < -0.39 is 5.91 Å².